The number of rotatable bonds is 6. The Balaban J connectivity index is 1.57. The Kier molecular flexibility index (Phi) is 5.00. The van der Waals surface area contributed by atoms with Crippen LogP contribution in [0, 0.1) is 0 Å². The highest BCUT2D eigenvalue weighted by atomic mass is 16.7. The first-order chi connectivity index (χ1) is 11.6. The minimum absolute atomic E-state index is 0.194. The zero-order valence-corrected chi connectivity index (χ0v) is 13.2. The lowest BCUT2D eigenvalue weighted by Gasteiger charge is -2.20. The van der Waals surface area contributed by atoms with Crippen LogP contribution in [0.4, 0.5) is 0 Å². The quantitative estimate of drug-likeness (QED) is 0.758. The normalized spacial score (nSPS) is 18.0. The highest BCUT2D eigenvalue weighted by Gasteiger charge is 2.23. The maximum absolute atomic E-state index is 12.0. The molecule has 7 heteroatoms. The maximum Gasteiger partial charge on any atom is 0.327 e. The van der Waals surface area contributed by atoms with Gasteiger partial charge in [0.25, 0.3) is 0 Å². The number of fused-ring (bicyclic) bond motifs is 1. The average molecular weight is 332 g/mol. The van der Waals surface area contributed by atoms with Crippen molar-refractivity contribution in [2.24, 2.45) is 0 Å². The van der Waals surface area contributed by atoms with Crippen LogP contribution in [0.2, 0.25) is 0 Å². The summed E-state index contributed by atoms with van der Waals surface area (Å²) in [6.45, 7) is 2.29. The number of carboxylic acid groups (broad SMARTS) is 1. The molecule has 0 aliphatic carbocycles. The van der Waals surface area contributed by atoms with E-state index in [0.717, 1.165) is 31.5 Å². The third kappa shape index (κ3) is 4.05. The molecule has 2 N–H and O–H groups in total. The van der Waals surface area contributed by atoms with Crippen LogP contribution in [0.15, 0.2) is 24.3 Å². The molecular formula is C17H20N2O5. The zero-order valence-electron chi connectivity index (χ0n) is 13.2. The highest BCUT2D eigenvalue weighted by molar-refractivity contribution is 5.94. The van der Waals surface area contributed by atoms with Gasteiger partial charge in [0, 0.05) is 12.6 Å². The highest BCUT2D eigenvalue weighted by Crippen LogP contribution is 2.32. The van der Waals surface area contributed by atoms with Gasteiger partial charge in [0.05, 0.1) is 0 Å². The molecule has 1 fully saturated rings. The van der Waals surface area contributed by atoms with Gasteiger partial charge >= 0.3 is 5.97 Å². The molecule has 1 aromatic rings. The van der Waals surface area contributed by atoms with Crippen molar-refractivity contribution in [1.29, 1.82) is 0 Å². The smallest absolute Gasteiger partial charge is 0.327 e. The molecule has 2 heterocycles. The summed E-state index contributed by atoms with van der Waals surface area (Å²) in [7, 11) is 0. The number of amides is 1. The van der Waals surface area contributed by atoms with Gasteiger partial charge < -0.3 is 24.8 Å². The van der Waals surface area contributed by atoms with Crippen molar-refractivity contribution in [3.05, 3.63) is 29.8 Å². The monoisotopic (exact) mass is 332 g/mol. The molecule has 1 atom stereocenters. The summed E-state index contributed by atoms with van der Waals surface area (Å²) in [5.74, 6) is -0.144. The van der Waals surface area contributed by atoms with Crippen LogP contribution in [0.1, 0.15) is 18.4 Å². The van der Waals surface area contributed by atoms with Crippen molar-refractivity contribution in [2.45, 2.75) is 18.9 Å². The lowest BCUT2D eigenvalue weighted by Crippen LogP contribution is -2.47. The Morgan fingerprint density at radius 1 is 1.25 bits per heavy atom. The first-order valence-electron chi connectivity index (χ1n) is 7.95. The molecule has 1 aromatic carbocycles. The van der Waals surface area contributed by atoms with Crippen molar-refractivity contribution in [1.82, 2.24) is 10.2 Å². The summed E-state index contributed by atoms with van der Waals surface area (Å²) < 4.78 is 10.5. The lowest BCUT2D eigenvalue weighted by molar-refractivity contribution is -0.141. The van der Waals surface area contributed by atoms with E-state index >= 15 is 0 Å². The standard InChI is InChI=1S/C17H20N2O5/c20-16(18-13(17(21)22)10-19-7-1-2-8-19)6-4-12-3-5-14-15(9-12)24-11-23-14/h3-6,9,13H,1-2,7-8,10-11H2,(H,18,20)(H,21,22)/b6-4+. The van der Waals surface area contributed by atoms with Gasteiger partial charge in [-0.3, -0.25) is 4.79 Å². The molecule has 1 saturated heterocycles. The number of nitrogens with one attached hydrogen (secondary N) is 1. The summed E-state index contributed by atoms with van der Waals surface area (Å²) in [6, 6.07) is 4.44. The fourth-order valence-electron chi connectivity index (χ4n) is 2.82. The Bertz CT molecular complexity index is 652. The summed E-state index contributed by atoms with van der Waals surface area (Å²) in [5, 5.41) is 11.8. The van der Waals surface area contributed by atoms with Gasteiger partial charge in [0.15, 0.2) is 11.5 Å². The van der Waals surface area contributed by atoms with Gasteiger partial charge in [0.1, 0.15) is 6.04 Å². The number of hydrogen-bond acceptors (Lipinski definition) is 5. The van der Waals surface area contributed by atoms with Gasteiger partial charge in [-0.1, -0.05) is 6.07 Å². The molecule has 0 spiro atoms. The second-order valence-electron chi connectivity index (χ2n) is 5.85. The molecule has 7 nitrogen and oxygen atoms in total. The van der Waals surface area contributed by atoms with Gasteiger partial charge in [-0.2, -0.15) is 0 Å². The van der Waals surface area contributed by atoms with Crippen molar-refractivity contribution in [3.63, 3.8) is 0 Å². The number of carboxylic acids is 1. The number of aliphatic carboxylic acids is 1. The molecule has 0 saturated carbocycles. The number of carbonyl (C=O) groups is 2. The molecule has 128 valence electrons. The molecule has 1 unspecified atom stereocenters. The lowest BCUT2D eigenvalue weighted by atomic mass is 10.2. The van der Waals surface area contributed by atoms with Crippen LogP contribution in [-0.4, -0.2) is 54.4 Å². The molecule has 1 amide bonds. The second kappa shape index (κ2) is 7.35. The first kappa shape index (κ1) is 16.3. The molecule has 0 aromatic heterocycles. The minimum Gasteiger partial charge on any atom is -0.480 e. The summed E-state index contributed by atoms with van der Waals surface area (Å²) >= 11 is 0. The Labute approximate surface area is 139 Å². The van der Waals surface area contributed by atoms with Crippen LogP contribution in [-0.2, 0) is 9.59 Å². The van der Waals surface area contributed by atoms with Crippen molar-refractivity contribution in [3.8, 4) is 11.5 Å². The fourth-order valence-corrected chi connectivity index (χ4v) is 2.82. The van der Waals surface area contributed by atoms with E-state index in [9.17, 15) is 14.7 Å². The number of hydrogen-bond donors (Lipinski definition) is 2. The van der Waals surface area contributed by atoms with Crippen molar-refractivity contribution in [2.75, 3.05) is 26.4 Å². The third-order valence-electron chi connectivity index (χ3n) is 4.08. The Hall–Kier alpha value is -2.54. The molecular weight excluding hydrogens is 312 g/mol. The third-order valence-corrected chi connectivity index (χ3v) is 4.08. The molecule has 2 aliphatic heterocycles. The number of likely N-dealkylation sites (tertiary alicyclic amines) is 1. The van der Waals surface area contributed by atoms with E-state index in [1.807, 2.05) is 0 Å². The molecule has 3 rings (SSSR count). The topological polar surface area (TPSA) is 88.1 Å². The first-order valence-corrected chi connectivity index (χ1v) is 7.95. The van der Waals surface area contributed by atoms with Crippen LogP contribution in [0.3, 0.4) is 0 Å². The van der Waals surface area contributed by atoms with Crippen LogP contribution < -0.4 is 14.8 Å². The number of ether oxygens (including phenoxy) is 2. The zero-order chi connectivity index (χ0) is 16.9. The maximum atomic E-state index is 12.0. The van der Waals surface area contributed by atoms with Gasteiger partial charge in [-0.25, -0.2) is 4.79 Å². The van der Waals surface area contributed by atoms with E-state index in [4.69, 9.17) is 9.47 Å². The predicted octanol–water partition coefficient (Wildman–Crippen LogP) is 1.09. The molecule has 0 bridgehead atoms. The average Bonchev–Trinajstić information content (AvgIpc) is 3.23. The van der Waals surface area contributed by atoms with E-state index in [-0.39, 0.29) is 6.79 Å². The number of nitrogens with zero attached hydrogens (tertiary/aromatic N) is 1. The molecule has 0 radical (unpaired) electrons. The van der Waals surface area contributed by atoms with E-state index in [1.165, 1.54) is 6.08 Å². The van der Waals surface area contributed by atoms with Crippen LogP contribution in [0.25, 0.3) is 6.08 Å². The number of carbonyl (C=O) groups excluding carboxylic acids is 1. The fraction of sp³-hybridized carbons (Fsp3) is 0.412. The Morgan fingerprint density at radius 2 is 2.00 bits per heavy atom. The van der Waals surface area contributed by atoms with Gasteiger partial charge in [-0.05, 0) is 49.7 Å². The summed E-state index contributed by atoms with van der Waals surface area (Å²) in [4.78, 5) is 25.4. The SMILES string of the molecule is O=C(/C=C/c1ccc2c(c1)OCO2)NC(CN1CCCC1)C(=O)O. The van der Waals surface area contributed by atoms with Crippen LogP contribution in [0.5, 0.6) is 11.5 Å². The molecule has 2 aliphatic rings. The predicted molar refractivity (Wildman–Crippen MR) is 86.8 cm³/mol. The summed E-state index contributed by atoms with van der Waals surface area (Å²) in [5.41, 5.74) is 0.779. The van der Waals surface area contributed by atoms with Crippen molar-refractivity contribution < 1.29 is 24.2 Å². The van der Waals surface area contributed by atoms with Gasteiger partial charge in [0.2, 0.25) is 12.7 Å². The van der Waals surface area contributed by atoms with E-state index in [2.05, 4.69) is 10.2 Å². The van der Waals surface area contributed by atoms with E-state index in [0.29, 0.717) is 18.0 Å². The van der Waals surface area contributed by atoms with Gasteiger partial charge in [-0.15, -0.1) is 0 Å². The second-order valence-corrected chi connectivity index (χ2v) is 5.85. The van der Waals surface area contributed by atoms with Crippen molar-refractivity contribution >= 4 is 18.0 Å². The van der Waals surface area contributed by atoms with E-state index < -0.39 is 17.9 Å². The minimum atomic E-state index is -1.02. The summed E-state index contributed by atoms with van der Waals surface area (Å²) in [6.07, 6.45) is 5.10. The largest absolute Gasteiger partial charge is 0.480 e. The van der Waals surface area contributed by atoms with Crippen LogP contribution >= 0.6 is 0 Å². The molecule has 24 heavy (non-hydrogen) atoms. The number of benzene rings is 1. The van der Waals surface area contributed by atoms with E-state index in [1.54, 1.807) is 24.3 Å². The Morgan fingerprint density at radius 3 is 2.75 bits per heavy atom.